The number of carbonyl (C=O) groups is 2. The molecular formula is C31H33N5O4. The number of hydrogen-bond acceptors (Lipinski definition) is 6. The van der Waals surface area contributed by atoms with E-state index < -0.39 is 5.97 Å². The van der Waals surface area contributed by atoms with Gasteiger partial charge in [-0.15, -0.1) is 0 Å². The summed E-state index contributed by atoms with van der Waals surface area (Å²) in [6, 6.07) is 21.6. The van der Waals surface area contributed by atoms with Crippen molar-refractivity contribution in [2.45, 2.75) is 0 Å². The van der Waals surface area contributed by atoms with Crippen LogP contribution in [0.5, 0.6) is 5.88 Å². The number of amides is 1. The van der Waals surface area contributed by atoms with E-state index in [0.717, 1.165) is 37.4 Å². The van der Waals surface area contributed by atoms with E-state index >= 15 is 0 Å². The van der Waals surface area contributed by atoms with Gasteiger partial charge in [0.25, 0.3) is 0 Å². The predicted octanol–water partition coefficient (Wildman–Crippen LogP) is 3.96. The number of fused-ring (bicyclic) bond motifs is 1. The van der Waals surface area contributed by atoms with Gasteiger partial charge in [0.15, 0.2) is 0 Å². The fourth-order valence-corrected chi connectivity index (χ4v) is 4.99. The van der Waals surface area contributed by atoms with Crippen molar-refractivity contribution in [2.75, 3.05) is 51.7 Å². The highest BCUT2D eigenvalue weighted by Crippen LogP contribution is 2.34. The molecule has 2 N–H and O–H groups in total. The number of carboxylic acids is 1. The van der Waals surface area contributed by atoms with E-state index in [-0.39, 0.29) is 17.4 Å². The zero-order chi connectivity index (χ0) is 28.4. The number of piperazine rings is 1. The summed E-state index contributed by atoms with van der Waals surface area (Å²) in [7, 11) is 5.60. The van der Waals surface area contributed by atoms with E-state index in [1.165, 1.54) is 6.07 Å². The van der Waals surface area contributed by atoms with Crippen molar-refractivity contribution in [3.8, 4) is 5.88 Å². The molecular weight excluding hydrogens is 506 g/mol. The van der Waals surface area contributed by atoms with E-state index in [1.54, 1.807) is 35.7 Å². The Balaban J connectivity index is 1.49. The monoisotopic (exact) mass is 539 g/mol. The van der Waals surface area contributed by atoms with Gasteiger partial charge < -0.3 is 24.6 Å². The number of hydrogen-bond donors (Lipinski definition) is 2. The van der Waals surface area contributed by atoms with Crippen molar-refractivity contribution in [1.29, 1.82) is 0 Å². The Labute approximate surface area is 233 Å². The van der Waals surface area contributed by atoms with Crippen molar-refractivity contribution in [3.63, 3.8) is 0 Å². The minimum Gasteiger partial charge on any atom is -0.494 e. The quantitative estimate of drug-likeness (QED) is 0.345. The molecule has 1 aliphatic heterocycles. The van der Waals surface area contributed by atoms with E-state index in [0.29, 0.717) is 34.4 Å². The summed E-state index contributed by atoms with van der Waals surface area (Å²) in [5, 5.41) is 21.3. The lowest BCUT2D eigenvalue weighted by Crippen LogP contribution is -2.48. The maximum absolute atomic E-state index is 12.9. The van der Waals surface area contributed by atoms with Crippen molar-refractivity contribution in [3.05, 3.63) is 89.5 Å². The van der Waals surface area contributed by atoms with E-state index in [2.05, 4.69) is 16.8 Å². The van der Waals surface area contributed by atoms with E-state index in [1.807, 2.05) is 54.6 Å². The van der Waals surface area contributed by atoms with Crippen molar-refractivity contribution < 1.29 is 19.8 Å². The third-order valence-corrected chi connectivity index (χ3v) is 7.51. The average molecular weight is 540 g/mol. The number of carboxylic acid groups (broad SMARTS) is 1. The SMILES string of the molecule is CN1CCN(CC(=O)N(C)c2ccc(N=C(c3ccccc3)c3c(O)n(C)c4ccc(C(=O)O)cc34)cc2)CC1. The summed E-state index contributed by atoms with van der Waals surface area (Å²) in [5.74, 6) is -1.03. The number of anilines is 1. The number of carbonyl (C=O) groups excluding carboxylic acids is 1. The molecule has 9 nitrogen and oxygen atoms in total. The number of benzene rings is 3. The van der Waals surface area contributed by atoms with Crippen molar-refractivity contribution in [1.82, 2.24) is 14.4 Å². The van der Waals surface area contributed by atoms with Gasteiger partial charge in [0.2, 0.25) is 11.8 Å². The number of aromatic hydroxyl groups is 1. The third-order valence-electron chi connectivity index (χ3n) is 7.51. The first-order valence-electron chi connectivity index (χ1n) is 13.2. The Morgan fingerprint density at radius 2 is 1.57 bits per heavy atom. The first kappa shape index (κ1) is 27.1. The highest BCUT2D eigenvalue weighted by atomic mass is 16.4. The van der Waals surface area contributed by atoms with Crippen LogP contribution in [-0.4, -0.2) is 89.0 Å². The zero-order valence-electron chi connectivity index (χ0n) is 22.9. The number of likely N-dealkylation sites (N-methyl/N-ethyl adjacent to an activating group) is 2. The summed E-state index contributed by atoms with van der Waals surface area (Å²) in [6.07, 6.45) is 0. The molecule has 0 saturated carbocycles. The number of aromatic nitrogens is 1. The number of rotatable bonds is 7. The molecule has 1 amide bonds. The topological polar surface area (TPSA) is 102 Å². The molecule has 40 heavy (non-hydrogen) atoms. The van der Waals surface area contributed by atoms with Gasteiger partial charge in [-0.2, -0.15) is 0 Å². The van der Waals surface area contributed by atoms with Gasteiger partial charge in [-0.3, -0.25) is 9.69 Å². The molecule has 0 bridgehead atoms. The summed E-state index contributed by atoms with van der Waals surface area (Å²) < 4.78 is 1.62. The summed E-state index contributed by atoms with van der Waals surface area (Å²) in [6.45, 7) is 4.04. The minimum atomic E-state index is -1.05. The van der Waals surface area contributed by atoms with Gasteiger partial charge in [0.05, 0.1) is 34.6 Å². The van der Waals surface area contributed by atoms with Gasteiger partial charge in [0.1, 0.15) is 0 Å². The third kappa shape index (κ3) is 5.47. The van der Waals surface area contributed by atoms with Gasteiger partial charge in [-0.25, -0.2) is 9.79 Å². The maximum atomic E-state index is 12.9. The van der Waals surface area contributed by atoms with Crippen molar-refractivity contribution in [2.24, 2.45) is 12.0 Å². The second-order valence-electron chi connectivity index (χ2n) is 10.2. The van der Waals surface area contributed by atoms with Crippen LogP contribution in [0.4, 0.5) is 11.4 Å². The van der Waals surface area contributed by atoms with E-state index in [4.69, 9.17) is 4.99 Å². The molecule has 0 radical (unpaired) electrons. The highest BCUT2D eigenvalue weighted by Gasteiger charge is 2.23. The second-order valence-corrected chi connectivity index (χ2v) is 10.2. The Bertz CT molecular complexity index is 1570. The largest absolute Gasteiger partial charge is 0.494 e. The van der Waals surface area contributed by atoms with Crippen molar-refractivity contribution >= 4 is 39.9 Å². The van der Waals surface area contributed by atoms with Gasteiger partial charge in [0, 0.05) is 56.9 Å². The summed E-state index contributed by atoms with van der Waals surface area (Å²) in [5.41, 5.74) is 3.95. The van der Waals surface area contributed by atoms with Crippen LogP contribution in [0, 0.1) is 0 Å². The van der Waals surface area contributed by atoms with Crippen LogP contribution in [0.2, 0.25) is 0 Å². The Hall–Kier alpha value is -4.47. The van der Waals surface area contributed by atoms with E-state index in [9.17, 15) is 19.8 Å². The lowest BCUT2D eigenvalue weighted by atomic mass is 9.99. The molecule has 206 valence electrons. The average Bonchev–Trinajstić information content (AvgIpc) is 3.22. The molecule has 0 spiro atoms. The molecule has 0 unspecified atom stereocenters. The fourth-order valence-electron chi connectivity index (χ4n) is 4.99. The zero-order valence-corrected chi connectivity index (χ0v) is 22.9. The Morgan fingerprint density at radius 1 is 0.900 bits per heavy atom. The van der Waals surface area contributed by atoms with Gasteiger partial charge in [-0.05, 0) is 49.5 Å². The highest BCUT2D eigenvalue weighted by molar-refractivity contribution is 6.22. The molecule has 5 rings (SSSR count). The predicted molar refractivity (Wildman–Crippen MR) is 157 cm³/mol. The van der Waals surface area contributed by atoms with Crippen LogP contribution in [0.1, 0.15) is 21.5 Å². The Morgan fingerprint density at radius 3 is 2.23 bits per heavy atom. The van der Waals surface area contributed by atoms with Crippen LogP contribution >= 0.6 is 0 Å². The number of aliphatic imine (C=N–C) groups is 1. The lowest BCUT2D eigenvalue weighted by Gasteiger charge is -2.32. The first-order valence-corrected chi connectivity index (χ1v) is 13.2. The van der Waals surface area contributed by atoms with Crippen LogP contribution in [-0.2, 0) is 11.8 Å². The normalized spacial score (nSPS) is 14.9. The smallest absolute Gasteiger partial charge is 0.335 e. The standard InChI is InChI=1S/C31H33N5O4/c1-33-15-17-36(18-16-33)20-27(37)34(2)24-12-10-23(11-13-24)32-29(21-7-5-4-6-8-21)28-25-19-22(31(39)40)9-14-26(25)35(3)30(28)38/h4-14,19,38H,15-18,20H2,1-3H3,(H,39,40). The maximum Gasteiger partial charge on any atom is 0.335 e. The molecule has 2 heterocycles. The molecule has 4 aromatic rings. The molecule has 3 aromatic carbocycles. The number of aromatic carboxylic acids is 1. The van der Waals surface area contributed by atoms with Crippen LogP contribution in [0.25, 0.3) is 10.9 Å². The van der Waals surface area contributed by atoms with Crippen LogP contribution in [0.15, 0.2) is 77.8 Å². The molecule has 1 fully saturated rings. The number of aryl methyl sites for hydroxylation is 1. The van der Waals surface area contributed by atoms with Gasteiger partial charge >= 0.3 is 5.97 Å². The molecule has 1 aliphatic rings. The molecule has 0 atom stereocenters. The minimum absolute atomic E-state index is 0.00833. The first-order chi connectivity index (χ1) is 19.2. The summed E-state index contributed by atoms with van der Waals surface area (Å²) >= 11 is 0. The van der Waals surface area contributed by atoms with Crippen LogP contribution in [0.3, 0.4) is 0 Å². The Kier molecular flexibility index (Phi) is 7.68. The summed E-state index contributed by atoms with van der Waals surface area (Å²) in [4.78, 5) is 35.7. The van der Waals surface area contributed by atoms with Crippen LogP contribution < -0.4 is 4.90 Å². The molecule has 0 aliphatic carbocycles. The molecule has 1 saturated heterocycles. The fraction of sp³-hybridized carbons (Fsp3) is 0.258. The van der Waals surface area contributed by atoms with Gasteiger partial charge in [-0.1, -0.05) is 30.3 Å². The molecule has 9 heteroatoms. The second kappa shape index (κ2) is 11.3. The molecule has 1 aromatic heterocycles. The number of nitrogens with zero attached hydrogens (tertiary/aromatic N) is 5. The lowest BCUT2D eigenvalue weighted by molar-refractivity contribution is -0.119.